The van der Waals surface area contributed by atoms with Crippen LogP contribution < -0.4 is 0 Å². The fraction of sp³-hybridized carbons (Fsp3) is 0.850. The van der Waals surface area contributed by atoms with Crippen LogP contribution in [-0.4, -0.2) is 12.7 Å². The van der Waals surface area contributed by atoms with Gasteiger partial charge in [-0.2, -0.15) is 4.39 Å². The molecule has 0 N–H and O–H groups in total. The standard InChI is InChI=1S/C20H30F2O/c1-18(11-12-21)10-7-15-14(13-18)5-6-16-19(15,2)8-4-9-20(16,3)17(22)23/h7,14,16H,4-6,8-13H2,1-3H3/t14-,16-,18+,19-,20+/m0/s1. The van der Waals surface area contributed by atoms with Gasteiger partial charge >= 0.3 is 6.04 Å². The summed E-state index contributed by atoms with van der Waals surface area (Å²) < 4.78 is 26.7. The molecule has 0 aromatic rings. The number of rotatable bonds is 3. The van der Waals surface area contributed by atoms with Crippen molar-refractivity contribution in [1.29, 1.82) is 0 Å². The molecule has 3 aliphatic rings. The lowest BCUT2D eigenvalue weighted by Gasteiger charge is -2.58. The fourth-order valence-electron chi connectivity index (χ4n) is 6.16. The average Bonchev–Trinajstić information content (AvgIpc) is 2.46. The van der Waals surface area contributed by atoms with Gasteiger partial charge in [-0.25, -0.2) is 0 Å². The Labute approximate surface area is 138 Å². The molecule has 0 bridgehead atoms. The summed E-state index contributed by atoms with van der Waals surface area (Å²) in [6.07, 6.45) is 9.55. The minimum atomic E-state index is -1.12. The van der Waals surface area contributed by atoms with Gasteiger partial charge in [-0.05, 0) is 74.5 Å². The van der Waals surface area contributed by atoms with Crippen LogP contribution in [0, 0.1) is 28.1 Å². The predicted octanol–water partition coefficient (Wildman–Crippen LogP) is 5.79. The molecule has 3 aliphatic carbocycles. The van der Waals surface area contributed by atoms with Crippen LogP contribution in [-0.2, 0) is 4.79 Å². The molecule has 0 heterocycles. The molecular formula is C20H30F2O. The van der Waals surface area contributed by atoms with E-state index >= 15 is 0 Å². The van der Waals surface area contributed by atoms with Gasteiger partial charge in [-0.3, -0.25) is 9.18 Å². The van der Waals surface area contributed by atoms with Gasteiger partial charge in [0.1, 0.15) is 0 Å². The molecule has 0 aliphatic heterocycles. The summed E-state index contributed by atoms with van der Waals surface area (Å²) in [5.74, 6) is 0.618. The van der Waals surface area contributed by atoms with Crippen LogP contribution in [0.25, 0.3) is 0 Å². The van der Waals surface area contributed by atoms with E-state index in [1.165, 1.54) is 5.57 Å². The number of halogens is 2. The SMILES string of the molecule is C[C@]1(CCF)CC=C2[C@@H](CC[C@@H]3[C@](C)(C(=O)F)CCC[C@@]23C)C1. The molecule has 130 valence electrons. The third-order valence-corrected chi connectivity index (χ3v) is 7.53. The van der Waals surface area contributed by atoms with E-state index in [0.29, 0.717) is 18.8 Å². The Morgan fingerprint density at radius 3 is 2.65 bits per heavy atom. The molecule has 5 atom stereocenters. The van der Waals surface area contributed by atoms with Crippen LogP contribution in [0.15, 0.2) is 11.6 Å². The Morgan fingerprint density at radius 2 is 2.00 bits per heavy atom. The van der Waals surface area contributed by atoms with Crippen molar-refractivity contribution in [2.75, 3.05) is 6.67 Å². The number of hydrogen-bond acceptors (Lipinski definition) is 1. The molecule has 0 spiro atoms. The van der Waals surface area contributed by atoms with Crippen molar-refractivity contribution in [2.45, 2.75) is 72.1 Å². The summed E-state index contributed by atoms with van der Waals surface area (Å²) >= 11 is 0. The highest BCUT2D eigenvalue weighted by atomic mass is 19.1. The maximum atomic E-state index is 13.9. The monoisotopic (exact) mass is 324 g/mol. The maximum Gasteiger partial charge on any atom is 0.307 e. The number of carbonyl (C=O) groups is 1. The maximum absolute atomic E-state index is 13.9. The lowest BCUT2D eigenvalue weighted by molar-refractivity contribution is -0.151. The van der Waals surface area contributed by atoms with Crippen LogP contribution in [0.5, 0.6) is 0 Å². The highest BCUT2D eigenvalue weighted by Gasteiger charge is 2.57. The smallest absolute Gasteiger partial charge is 0.261 e. The Hall–Kier alpha value is -0.730. The van der Waals surface area contributed by atoms with Crippen molar-refractivity contribution in [3.63, 3.8) is 0 Å². The van der Waals surface area contributed by atoms with Crippen LogP contribution in [0.2, 0.25) is 0 Å². The molecule has 23 heavy (non-hydrogen) atoms. The zero-order valence-corrected chi connectivity index (χ0v) is 14.8. The van der Waals surface area contributed by atoms with Gasteiger partial charge in [-0.15, -0.1) is 0 Å². The van der Waals surface area contributed by atoms with E-state index in [1.54, 1.807) is 0 Å². The van der Waals surface area contributed by atoms with E-state index in [0.717, 1.165) is 38.5 Å². The number of hydrogen-bond donors (Lipinski definition) is 0. The predicted molar refractivity (Wildman–Crippen MR) is 88.4 cm³/mol. The van der Waals surface area contributed by atoms with Crippen LogP contribution >= 0.6 is 0 Å². The molecule has 3 heteroatoms. The van der Waals surface area contributed by atoms with Gasteiger partial charge in [0.25, 0.3) is 0 Å². The molecule has 0 aromatic carbocycles. The number of carbonyl (C=O) groups excluding carboxylic acids is 1. The molecule has 2 saturated carbocycles. The Bertz CT molecular complexity index is 528. The first-order valence-electron chi connectivity index (χ1n) is 9.22. The first-order chi connectivity index (χ1) is 10.8. The quantitative estimate of drug-likeness (QED) is 0.474. The second kappa shape index (κ2) is 5.67. The summed E-state index contributed by atoms with van der Waals surface area (Å²) in [4.78, 5) is 11.7. The van der Waals surface area contributed by atoms with Gasteiger partial charge < -0.3 is 0 Å². The lowest BCUT2D eigenvalue weighted by atomic mass is 9.46. The summed E-state index contributed by atoms with van der Waals surface area (Å²) in [5, 5.41) is 0. The van der Waals surface area contributed by atoms with E-state index in [4.69, 9.17) is 0 Å². The highest BCUT2D eigenvalue weighted by molar-refractivity contribution is 5.76. The van der Waals surface area contributed by atoms with Crippen LogP contribution in [0.3, 0.4) is 0 Å². The Balaban J connectivity index is 1.94. The van der Waals surface area contributed by atoms with E-state index in [-0.39, 0.29) is 23.4 Å². The van der Waals surface area contributed by atoms with Crippen molar-refractivity contribution >= 4 is 6.04 Å². The first kappa shape index (κ1) is 17.1. The van der Waals surface area contributed by atoms with Gasteiger partial charge in [0.05, 0.1) is 12.1 Å². The normalized spacial score (nSPS) is 46.6. The zero-order chi connectivity index (χ0) is 16.9. The molecule has 0 amide bonds. The molecule has 0 radical (unpaired) electrons. The topological polar surface area (TPSA) is 17.1 Å². The second-order valence-corrected chi connectivity index (χ2v) is 9.11. The molecule has 3 rings (SSSR count). The van der Waals surface area contributed by atoms with Crippen molar-refractivity contribution in [3.05, 3.63) is 11.6 Å². The average molecular weight is 324 g/mol. The summed E-state index contributed by atoms with van der Waals surface area (Å²) in [7, 11) is 0. The molecular weight excluding hydrogens is 294 g/mol. The van der Waals surface area contributed by atoms with E-state index in [2.05, 4.69) is 19.9 Å². The molecule has 0 aromatic heterocycles. The minimum Gasteiger partial charge on any atom is -0.261 e. The first-order valence-corrected chi connectivity index (χ1v) is 9.22. The number of allylic oxidation sites excluding steroid dienone is 2. The molecule has 1 nitrogen and oxygen atoms in total. The Kier molecular flexibility index (Phi) is 4.21. The molecule has 0 saturated heterocycles. The van der Waals surface area contributed by atoms with Gasteiger partial charge in [0.2, 0.25) is 0 Å². The van der Waals surface area contributed by atoms with E-state index in [1.807, 2.05) is 6.92 Å². The van der Waals surface area contributed by atoms with Crippen LogP contribution in [0.4, 0.5) is 8.78 Å². The van der Waals surface area contributed by atoms with E-state index < -0.39 is 11.5 Å². The fourth-order valence-corrected chi connectivity index (χ4v) is 6.16. The summed E-state index contributed by atoms with van der Waals surface area (Å²) in [6.45, 7) is 6.05. The third kappa shape index (κ3) is 2.59. The summed E-state index contributed by atoms with van der Waals surface area (Å²) in [5.41, 5.74) is 0.671. The van der Waals surface area contributed by atoms with E-state index in [9.17, 15) is 13.6 Å². The van der Waals surface area contributed by atoms with Gasteiger partial charge in [0.15, 0.2) is 0 Å². The highest BCUT2D eigenvalue weighted by Crippen LogP contribution is 2.64. The third-order valence-electron chi connectivity index (χ3n) is 7.53. The van der Waals surface area contributed by atoms with Crippen molar-refractivity contribution in [1.82, 2.24) is 0 Å². The number of fused-ring (bicyclic) bond motifs is 3. The lowest BCUT2D eigenvalue weighted by Crippen LogP contribution is -2.52. The van der Waals surface area contributed by atoms with Crippen molar-refractivity contribution in [3.8, 4) is 0 Å². The summed E-state index contributed by atoms with van der Waals surface area (Å²) in [6, 6.07) is -1.12. The van der Waals surface area contributed by atoms with Crippen LogP contribution in [0.1, 0.15) is 72.1 Å². The van der Waals surface area contributed by atoms with Gasteiger partial charge in [-0.1, -0.05) is 31.9 Å². The van der Waals surface area contributed by atoms with Gasteiger partial charge in [0, 0.05) is 0 Å². The largest absolute Gasteiger partial charge is 0.307 e. The zero-order valence-electron chi connectivity index (χ0n) is 14.8. The Morgan fingerprint density at radius 1 is 1.26 bits per heavy atom. The minimum absolute atomic E-state index is 0.0469. The van der Waals surface area contributed by atoms with Crippen molar-refractivity contribution in [2.24, 2.45) is 28.1 Å². The number of alkyl halides is 1. The molecule has 2 fully saturated rings. The van der Waals surface area contributed by atoms with Crippen molar-refractivity contribution < 1.29 is 13.6 Å². The molecule has 0 unspecified atom stereocenters. The second-order valence-electron chi connectivity index (χ2n) is 9.11.